The fourth-order valence-electron chi connectivity index (χ4n) is 9.46. The second-order valence-corrected chi connectivity index (χ2v) is 15.6. The first-order valence-electron chi connectivity index (χ1n) is 18.2. The molecule has 4 nitrogen and oxygen atoms in total. The average Bonchev–Trinajstić information content (AvgIpc) is 3.30. The molecule has 4 atom stereocenters. The Bertz CT molecular complexity index is 1320. The Hall–Kier alpha value is -2.27. The van der Waals surface area contributed by atoms with E-state index in [1.165, 1.54) is 30.4 Å². The smallest absolute Gasteiger partial charge is 0.166 e. The van der Waals surface area contributed by atoms with Gasteiger partial charge in [-0.1, -0.05) is 80.3 Å². The Morgan fingerprint density at radius 2 is 1.69 bits per heavy atom. The van der Waals surface area contributed by atoms with E-state index in [4.69, 9.17) is 0 Å². The fourth-order valence-corrected chi connectivity index (χ4v) is 9.46. The van der Waals surface area contributed by atoms with Gasteiger partial charge in [0, 0.05) is 23.4 Å². The molecule has 45 heavy (non-hydrogen) atoms. The van der Waals surface area contributed by atoms with Crippen molar-refractivity contribution < 1.29 is 15.0 Å². The van der Waals surface area contributed by atoms with Gasteiger partial charge < -0.3 is 15.1 Å². The molecule has 0 aromatic heterocycles. The van der Waals surface area contributed by atoms with Crippen molar-refractivity contribution in [2.45, 2.75) is 128 Å². The van der Waals surface area contributed by atoms with Crippen LogP contribution < -0.4 is 0 Å². The zero-order valence-electron chi connectivity index (χ0n) is 28.0. The van der Waals surface area contributed by atoms with E-state index in [-0.39, 0.29) is 17.3 Å². The van der Waals surface area contributed by atoms with Gasteiger partial charge >= 0.3 is 0 Å². The largest absolute Gasteiger partial charge is 0.393 e. The summed E-state index contributed by atoms with van der Waals surface area (Å²) in [5, 5.41) is 23.7. The summed E-state index contributed by atoms with van der Waals surface area (Å²) in [5.74, 6) is 1.25. The molecule has 5 aliphatic rings. The van der Waals surface area contributed by atoms with Gasteiger partial charge in [-0.3, -0.25) is 4.79 Å². The second kappa shape index (κ2) is 14.2. The Morgan fingerprint density at radius 1 is 0.933 bits per heavy atom. The Kier molecular flexibility index (Phi) is 10.3. The maximum absolute atomic E-state index is 14.3. The van der Waals surface area contributed by atoms with Gasteiger partial charge in [-0.05, 0) is 132 Å². The fraction of sp³-hybridized carbons (Fsp3) is 0.634. The van der Waals surface area contributed by atoms with Crippen molar-refractivity contribution in [1.82, 2.24) is 4.90 Å². The molecule has 4 aliphatic carbocycles. The number of Topliss-reactive ketones (excluding diaryl/α,β-unsaturated/α-hetero) is 1. The van der Waals surface area contributed by atoms with Crippen LogP contribution in [0.2, 0.25) is 0 Å². The van der Waals surface area contributed by atoms with Crippen LogP contribution in [0.4, 0.5) is 0 Å². The number of likely N-dealkylation sites (tertiary alicyclic amines) is 1. The summed E-state index contributed by atoms with van der Waals surface area (Å²) in [5.41, 5.74) is 4.73. The zero-order valence-corrected chi connectivity index (χ0v) is 28.0. The number of carbonyl (C=O) groups is 1. The maximum atomic E-state index is 14.3. The first-order valence-corrected chi connectivity index (χ1v) is 18.2. The lowest BCUT2D eigenvalue weighted by molar-refractivity contribution is -0.0873. The van der Waals surface area contributed by atoms with E-state index < -0.39 is 11.7 Å². The van der Waals surface area contributed by atoms with Crippen LogP contribution in [0.3, 0.4) is 0 Å². The highest BCUT2D eigenvalue weighted by molar-refractivity contribution is 5.99. The van der Waals surface area contributed by atoms with E-state index in [1.807, 2.05) is 0 Å². The number of nitrogens with zero attached hydrogens (tertiary/aromatic N) is 1. The standard InChI is InChI=1S/C41H57NO3/c1-30-10-9-22-40(2)38(19-23-41(40,45)29-42-24-20-32(21-25-42)26-31-11-5-3-6-12-31)36-18-16-33(27-35(43)17-15-30)28-37(36)39(44)34-13-7-4-8-14-34/h3,5-6,10-12,16,18,28,32,34-35,38,43,45H,4,7-9,13-15,17,19-27,29H2,1-2H3/t35-,38-,40-,41+/m0/s1. The Morgan fingerprint density at radius 3 is 2.44 bits per heavy atom. The van der Waals surface area contributed by atoms with Gasteiger partial charge in [0.1, 0.15) is 0 Å². The van der Waals surface area contributed by atoms with Gasteiger partial charge in [-0.25, -0.2) is 0 Å². The molecule has 2 bridgehead atoms. The average molecular weight is 612 g/mol. The molecule has 3 fully saturated rings. The van der Waals surface area contributed by atoms with Crippen LogP contribution in [0.15, 0.2) is 60.2 Å². The van der Waals surface area contributed by atoms with Gasteiger partial charge in [-0.2, -0.15) is 0 Å². The van der Waals surface area contributed by atoms with Gasteiger partial charge in [0.2, 0.25) is 0 Å². The number of allylic oxidation sites excluding steroid dienone is 2. The van der Waals surface area contributed by atoms with Crippen LogP contribution in [-0.4, -0.2) is 52.2 Å². The third kappa shape index (κ3) is 7.34. The highest BCUT2D eigenvalue weighted by Gasteiger charge is 2.57. The van der Waals surface area contributed by atoms with Crippen LogP contribution >= 0.6 is 0 Å². The quantitative estimate of drug-likeness (QED) is 0.254. The van der Waals surface area contributed by atoms with Crippen LogP contribution in [0.5, 0.6) is 0 Å². The normalized spacial score (nSPS) is 30.9. The number of piperidine rings is 1. The molecule has 0 unspecified atom stereocenters. The van der Waals surface area contributed by atoms with Crippen LogP contribution in [-0.2, 0) is 12.8 Å². The number of hydrogen-bond acceptors (Lipinski definition) is 4. The zero-order chi connectivity index (χ0) is 31.4. The number of fused-ring (bicyclic) bond motifs is 8. The van der Waals surface area contributed by atoms with Crippen LogP contribution in [0, 0.1) is 17.3 Å². The van der Waals surface area contributed by atoms with Crippen molar-refractivity contribution in [2.24, 2.45) is 17.3 Å². The van der Waals surface area contributed by atoms with Gasteiger partial charge in [-0.15, -0.1) is 0 Å². The van der Waals surface area contributed by atoms with Crippen molar-refractivity contribution in [3.8, 4) is 0 Å². The van der Waals surface area contributed by atoms with Crippen molar-refractivity contribution in [1.29, 1.82) is 0 Å². The van der Waals surface area contributed by atoms with E-state index in [0.717, 1.165) is 107 Å². The van der Waals surface area contributed by atoms with Crippen molar-refractivity contribution in [2.75, 3.05) is 19.6 Å². The minimum atomic E-state index is -0.803. The Balaban J connectivity index is 1.27. The molecule has 2 N–H and O–H groups in total. The van der Waals surface area contributed by atoms with Crippen LogP contribution in [0.25, 0.3) is 0 Å². The lowest BCUT2D eigenvalue weighted by Gasteiger charge is -2.47. The highest BCUT2D eigenvalue weighted by Crippen LogP contribution is 2.59. The van der Waals surface area contributed by atoms with Gasteiger partial charge in [0.05, 0.1) is 11.7 Å². The number of aliphatic hydroxyl groups is 2. The van der Waals surface area contributed by atoms with E-state index >= 15 is 0 Å². The molecule has 1 aliphatic heterocycles. The first kappa shape index (κ1) is 32.7. The molecule has 0 amide bonds. The Labute approximate surface area is 272 Å². The third-order valence-corrected chi connectivity index (χ3v) is 12.5. The third-order valence-electron chi connectivity index (χ3n) is 12.5. The van der Waals surface area contributed by atoms with E-state index in [2.05, 4.69) is 73.4 Å². The molecule has 0 spiro atoms. The lowest BCUT2D eigenvalue weighted by Crippen LogP contribution is -2.53. The first-order chi connectivity index (χ1) is 21.7. The number of benzene rings is 2. The highest BCUT2D eigenvalue weighted by atomic mass is 16.3. The summed E-state index contributed by atoms with van der Waals surface area (Å²) >= 11 is 0. The number of ketones is 1. The number of β-amino-alcohol motifs (C(OH)–C–C–N with tert-alkyl or cyclic N) is 1. The van der Waals surface area contributed by atoms with E-state index in [9.17, 15) is 15.0 Å². The lowest BCUT2D eigenvalue weighted by atomic mass is 9.64. The van der Waals surface area contributed by atoms with Crippen molar-refractivity contribution in [3.05, 3.63) is 82.4 Å². The summed E-state index contributed by atoms with van der Waals surface area (Å²) in [6.07, 6.45) is 16.6. The monoisotopic (exact) mass is 611 g/mol. The molecule has 0 radical (unpaired) electrons. The van der Waals surface area contributed by atoms with E-state index in [1.54, 1.807) is 0 Å². The number of aliphatic hydroxyl groups excluding tert-OH is 1. The molecular formula is C41H57NO3. The summed E-state index contributed by atoms with van der Waals surface area (Å²) < 4.78 is 0. The van der Waals surface area contributed by atoms with E-state index in [0.29, 0.717) is 18.1 Å². The number of rotatable bonds is 6. The predicted octanol–water partition coefficient (Wildman–Crippen LogP) is 8.44. The minimum absolute atomic E-state index is 0.103. The molecule has 2 saturated carbocycles. The summed E-state index contributed by atoms with van der Waals surface area (Å²) in [6.45, 7) is 7.34. The molecule has 2 aromatic rings. The molecular weight excluding hydrogens is 554 g/mol. The number of hydrogen-bond donors (Lipinski definition) is 2. The topological polar surface area (TPSA) is 60.8 Å². The van der Waals surface area contributed by atoms with Crippen molar-refractivity contribution in [3.63, 3.8) is 0 Å². The molecule has 4 heteroatoms. The SMILES string of the molecule is CC1=CCC[C@@]2(C)[C@@H](CC[C@@]2(O)CN2CCC(Cc3ccccc3)CC2)c2ccc(cc2C(=O)C2CCCCC2)C[C@@H](O)CC1. The van der Waals surface area contributed by atoms with Gasteiger partial charge in [0.15, 0.2) is 5.78 Å². The minimum Gasteiger partial charge on any atom is -0.393 e. The summed E-state index contributed by atoms with van der Waals surface area (Å²) in [7, 11) is 0. The molecule has 244 valence electrons. The second-order valence-electron chi connectivity index (χ2n) is 15.6. The van der Waals surface area contributed by atoms with Crippen LogP contribution in [0.1, 0.15) is 130 Å². The summed E-state index contributed by atoms with van der Waals surface area (Å²) in [6, 6.07) is 17.4. The molecule has 1 saturated heterocycles. The molecule has 1 heterocycles. The van der Waals surface area contributed by atoms with Crippen molar-refractivity contribution >= 4 is 5.78 Å². The van der Waals surface area contributed by atoms with Gasteiger partial charge in [0.25, 0.3) is 0 Å². The predicted molar refractivity (Wildman–Crippen MR) is 184 cm³/mol. The molecule has 7 rings (SSSR count). The molecule has 2 aromatic carbocycles. The number of carbonyl (C=O) groups excluding carboxylic acids is 1. The maximum Gasteiger partial charge on any atom is 0.166 e. The summed E-state index contributed by atoms with van der Waals surface area (Å²) in [4.78, 5) is 16.8.